The molecule has 0 aromatic heterocycles. The minimum absolute atomic E-state index is 0.104. The molecule has 0 bridgehead atoms. The van der Waals surface area contributed by atoms with E-state index in [-0.39, 0.29) is 24.5 Å². The second-order valence-electron chi connectivity index (χ2n) is 10.2. The Hall–Kier alpha value is -4.58. The Labute approximate surface area is 239 Å². The summed E-state index contributed by atoms with van der Waals surface area (Å²) in [6.07, 6.45) is 3.50. The number of benzene rings is 3. The highest BCUT2D eigenvalue weighted by Gasteiger charge is 2.32. The summed E-state index contributed by atoms with van der Waals surface area (Å²) in [5.74, 6) is 5.03. The molecule has 0 saturated heterocycles. The van der Waals surface area contributed by atoms with Gasteiger partial charge in [-0.2, -0.15) is 0 Å². The molecule has 1 aliphatic carbocycles. The van der Waals surface area contributed by atoms with E-state index in [0.717, 1.165) is 22.1 Å². The molecule has 0 radical (unpaired) electrons. The number of ether oxygens (including phenoxy) is 1. The van der Waals surface area contributed by atoms with Gasteiger partial charge in [0.25, 0.3) is 17.7 Å². The predicted octanol–water partition coefficient (Wildman–Crippen LogP) is 3.65. The standard InChI is InChI=1S/C33H31N3O5/c1-34(18-19-35(2)31(38)26-14-5-11-23-9-3-4-10-25(21-37)29(23)26)17-8-20-41-22-36-32(39)27-15-6-12-24-13-7-16-28(30(24)27)33(36)40/h5-7,10-16,21H,8-9,17-20,22H2,1-2H3. The van der Waals surface area contributed by atoms with E-state index in [1.807, 2.05) is 43.4 Å². The first-order chi connectivity index (χ1) is 19.9. The fourth-order valence-corrected chi connectivity index (χ4v) is 5.24. The number of rotatable bonds is 11. The van der Waals surface area contributed by atoms with Crippen LogP contribution in [0.1, 0.15) is 48.6 Å². The van der Waals surface area contributed by atoms with E-state index in [9.17, 15) is 19.2 Å². The normalized spacial score (nSPS) is 13.8. The summed E-state index contributed by atoms with van der Waals surface area (Å²) in [6, 6.07) is 16.4. The van der Waals surface area contributed by atoms with E-state index >= 15 is 0 Å². The Morgan fingerprint density at radius 3 is 2.39 bits per heavy atom. The Morgan fingerprint density at radius 1 is 0.976 bits per heavy atom. The second kappa shape index (κ2) is 12.3. The van der Waals surface area contributed by atoms with Crippen molar-refractivity contribution in [3.63, 3.8) is 0 Å². The van der Waals surface area contributed by atoms with Crippen molar-refractivity contribution in [3.05, 3.63) is 88.5 Å². The van der Waals surface area contributed by atoms with Crippen LogP contribution in [0, 0.1) is 11.8 Å². The quantitative estimate of drug-likeness (QED) is 0.157. The van der Waals surface area contributed by atoms with Gasteiger partial charge in [-0.1, -0.05) is 48.2 Å². The van der Waals surface area contributed by atoms with Crippen molar-refractivity contribution in [2.45, 2.75) is 12.8 Å². The Kier molecular flexibility index (Phi) is 8.39. The Morgan fingerprint density at radius 2 is 1.68 bits per heavy atom. The molecule has 0 spiro atoms. The lowest BCUT2D eigenvalue weighted by Gasteiger charge is -2.27. The van der Waals surface area contributed by atoms with Crippen molar-refractivity contribution < 1.29 is 23.9 Å². The van der Waals surface area contributed by atoms with Crippen molar-refractivity contribution in [3.8, 4) is 11.8 Å². The van der Waals surface area contributed by atoms with E-state index in [0.29, 0.717) is 72.3 Å². The summed E-state index contributed by atoms with van der Waals surface area (Å²) in [6.45, 7) is 2.12. The number of allylic oxidation sites excluding steroid dienone is 2. The third-order valence-electron chi connectivity index (χ3n) is 7.47. The molecule has 3 aromatic carbocycles. The summed E-state index contributed by atoms with van der Waals surface area (Å²) in [4.78, 5) is 55.8. The number of fused-ring (bicyclic) bond motifs is 1. The lowest BCUT2D eigenvalue weighted by atomic mass is 9.93. The highest BCUT2D eigenvalue weighted by Crippen LogP contribution is 2.30. The zero-order chi connectivity index (χ0) is 28.9. The number of hydrogen-bond donors (Lipinski definition) is 0. The Balaban J connectivity index is 1.08. The van der Waals surface area contributed by atoms with Crippen molar-refractivity contribution in [1.29, 1.82) is 0 Å². The minimum atomic E-state index is -0.345. The fraction of sp³-hybridized carbons (Fsp3) is 0.273. The molecular weight excluding hydrogens is 518 g/mol. The molecule has 3 aromatic rings. The van der Waals surface area contributed by atoms with Crippen LogP contribution in [0.25, 0.3) is 16.3 Å². The van der Waals surface area contributed by atoms with Crippen LogP contribution in [0.5, 0.6) is 0 Å². The molecule has 0 atom stereocenters. The van der Waals surface area contributed by atoms with Gasteiger partial charge in [-0.05, 0) is 48.7 Å². The molecule has 1 heterocycles. The van der Waals surface area contributed by atoms with Crippen molar-refractivity contribution in [2.75, 3.05) is 47.1 Å². The van der Waals surface area contributed by atoms with Gasteiger partial charge in [0.15, 0.2) is 6.29 Å². The zero-order valence-electron chi connectivity index (χ0n) is 23.2. The molecule has 3 amide bonds. The van der Waals surface area contributed by atoms with Crippen LogP contribution in [0.4, 0.5) is 0 Å². The molecular formula is C33H31N3O5. The number of nitrogens with zero attached hydrogens (tertiary/aromatic N) is 3. The molecule has 0 N–H and O–H groups in total. The molecule has 41 heavy (non-hydrogen) atoms. The Bertz CT molecular complexity index is 1580. The van der Waals surface area contributed by atoms with E-state index in [4.69, 9.17) is 4.74 Å². The van der Waals surface area contributed by atoms with Crippen molar-refractivity contribution in [1.82, 2.24) is 14.7 Å². The van der Waals surface area contributed by atoms with Crippen LogP contribution in [0.2, 0.25) is 0 Å². The van der Waals surface area contributed by atoms with Gasteiger partial charge in [-0.25, -0.2) is 0 Å². The number of imide groups is 1. The van der Waals surface area contributed by atoms with E-state index in [2.05, 4.69) is 16.7 Å². The number of likely N-dealkylation sites (N-methyl/N-ethyl adjacent to an activating group) is 2. The first kappa shape index (κ1) is 28.0. The number of aldehydes is 1. The maximum absolute atomic E-state index is 13.3. The zero-order valence-corrected chi connectivity index (χ0v) is 23.2. The van der Waals surface area contributed by atoms with Crippen molar-refractivity contribution in [2.24, 2.45) is 0 Å². The third-order valence-corrected chi connectivity index (χ3v) is 7.47. The summed E-state index contributed by atoms with van der Waals surface area (Å²) in [7, 11) is 3.72. The lowest BCUT2D eigenvalue weighted by molar-refractivity contribution is -0.103. The molecule has 8 nitrogen and oxygen atoms in total. The average Bonchev–Trinajstić information content (AvgIpc) is 3.21. The summed E-state index contributed by atoms with van der Waals surface area (Å²) >= 11 is 0. The van der Waals surface area contributed by atoms with Gasteiger partial charge < -0.3 is 14.5 Å². The molecule has 208 valence electrons. The van der Waals surface area contributed by atoms with Crippen LogP contribution in [-0.4, -0.2) is 85.8 Å². The monoisotopic (exact) mass is 549 g/mol. The summed E-state index contributed by atoms with van der Waals surface area (Å²) in [5.41, 5.74) is 3.46. The van der Waals surface area contributed by atoms with Crippen LogP contribution >= 0.6 is 0 Å². The third kappa shape index (κ3) is 5.68. The van der Waals surface area contributed by atoms with Crippen molar-refractivity contribution >= 4 is 40.4 Å². The maximum atomic E-state index is 13.3. The molecule has 5 rings (SSSR count). The highest BCUT2D eigenvalue weighted by atomic mass is 16.5. The van der Waals surface area contributed by atoms with Gasteiger partial charge in [-0.3, -0.25) is 24.1 Å². The topological polar surface area (TPSA) is 87.2 Å². The smallest absolute Gasteiger partial charge is 0.263 e. The van der Waals surface area contributed by atoms with E-state index in [1.54, 1.807) is 36.2 Å². The predicted molar refractivity (Wildman–Crippen MR) is 156 cm³/mol. The number of carbonyl (C=O) groups excluding carboxylic acids is 4. The number of hydrogen-bond acceptors (Lipinski definition) is 6. The maximum Gasteiger partial charge on any atom is 0.263 e. The van der Waals surface area contributed by atoms with E-state index in [1.165, 1.54) is 0 Å². The van der Waals surface area contributed by atoms with Gasteiger partial charge in [0.1, 0.15) is 6.73 Å². The number of carbonyl (C=O) groups is 4. The highest BCUT2D eigenvalue weighted by molar-refractivity contribution is 6.25. The summed E-state index contributed by atoms with van der Waals surface area (Å²) < 4.78 is 5.73. The second-order valence-corrected chi connectivity index (χ2v) is 10.2. The van der Waals surface area contributed by atoms with Gasteiger partial charge in [-0.15, -0.1) is 0 Å². The average molecular weight is 550 g/mol. The molecule has 2 aliphatic rings. The van der Waals surface area contributed by atoms with E-state index < -0.39 is 0 Å². The molecule has 0 saturated carbocycles. The first-order valence-corrected chi connectivity index (χ1v) is 13.6. The number of amides is 3. The molecule has 0 unspecified atom stereocenters. The largest absolute Gasteiger partial charge is 0.360 e. The SMILES string of the molecule is CN(CCCOCN1C(=O)c2cccc3cccc(c23)C1=O)CCN(C)C(=O)c1cccc2c1C(C=O)=CC#CC2. The molecule has 0 fully saturated rings. The van der Waals surface area contributed by atoms with Crippen LogP contribution in [0.3, 0.4) is 0 Å². The lowest BCUT2D eigenvalue weighted by Crippen LogP contribution is -2.41. The summed E-state index contributed by atoms with van der Waals surface area (Å²) in [5, 5.41) is 1.57. The fourth-order valence-electron chi connectivity index (χ4n) is 5.24. The van der Waals surface area contributed by atoms with Gasteiger partial charge in [0.05, 0.1) is 6.61 Å². The van der Waals surface area contributed by atoms with Crippen LogP contribution < -0.4 is 0 Å². The molecule has 1 aliphatic heterocycles. The van der Waals surface area contributed by atoms with Gasteiger partial charge >= 0.3 is 0 Å². The first-order valence-electron chi connectivity index (χ1n) is 13.6. The van der Waals surface area contributed by atoms with Gasteiger partial charge in [0.2, 0.25) is 0 Å². The van der Waals surface area contributed by atoms with Crippen LogP contribution in [-0.2, 0) is 16.0 Å². The van der Waals surface area contributed by atoms with Crippen LogP contribution in [0.15, 0.2) is 60.7 Å². The molecule has 8 heteroatoms. The minimum Gasteiger partial charge on any atom is -0.360 e. The van der Waals surface area contributed by atoms with Gasteiger partial charge in [0, 0.05) is 66.3 Å².